The van der Waals surface area contributed by atoms with Gasteiger partial charge in [0.05, 0.1) is 6.42 Å². The summed E-state index contributed by atoms with van der Waals surface area (Å²) in [6.45, 7) is 3.30. The Morgan fingerprint density at radius 3 is 2.53 bits per heavy atom. The Bertz CT molecular complexity index is 1160. The van der Waals surface area contributed by atoms with Crippen molar-refractivity contribution < 1.29 is 37.8 Å². The summed E-state index contributed by atoms with van der Waals surface area (Å²) >= 11 is 0. The monoisotopic (exact) mass is 478 g/mol. The molecular formula is C24H25F3N2O5. The van der Waals surface area contributed by atoms with Crippen molar-refractivity contribution in [3.8, 4) is 11.5 Å². The minimum absolute atomic E-state index is 0.00346. The quantitative estimate of drug-likeness (QED) is 0.603. The fourth-order valence-electron chi connectivity index (χ4n) is 4.30. The van der Waals surface area contributed by atoms with Crippen LogP contribution in [-0.4, -0.2) is 39.4 Å². The van der Waals surface area contributed by atoms with Crippen LogP contribution in [0.25, 0.3) is 0 Å². The lowest BCUT2D eigenvalue weighted by Crippen LogP contribution is -2.37. The van der Waals surface area contributed by atoms with Gasteiger partial charge in [-0.2, -0.15) is 0 Å². The van der Waals surface area contributed by atoms with Gasteiger partial charge in [0, 0.05) is 25.0 Å². The van der Waals surface area contributed by atoms with Gasteiger partial charge in [-0.1, -0.05) is 5.16 Å². The van der Waals surface area contributed by atoms with Crippen LogP contribution >= 0.6 is 0 Å². The van der Waals surface area contributed by atoms with E-state index in [1.54, 1.807) is 19.9 Å². The number of nitrogens with zero attached hydrogens (tertiary/aromatic N) is 2. The first-order valence-electron chi connectivity index (χ1n) is 10.9. The van der Waals surface area contributed by atoms with E-state index < -0.39 is 36.2 Å². The average molecular weight is 478 g/mol. The number of rotatable bonds is 6. The summed E-state index contributed by atoms with van der Waals surface area (Å²) in [6, 6.07) is 4.45. The molecule has 1 aromatic carbocycles. The highest BCUT2D eigenvalue weighted by Gasteiger charge is 2.45. The maximum atomic E-state index is 15.0. The molecule has 0 saturated heterocycles. The van der Waals surface area contributed by atoms with E-state index in [9.17, 15) is 23.8 Å². The number of aryl methyl sites for hydroxylation is 1. The fourth-order valence-corrected chi connectivity index (χ4v) is 4.30. The number of hydrogen-bond donors (Lipinski definition) is 2. The molecular weight excluding hydrogens is 453 g/mol. The van der Waals surface area contributed by atoms with Crippen molar-refractivity contribution in [2.45, 2.75) is 63.9 Å². The molecule has 2 aliphatic rings. The lowest BCUT2D eigenvalue weighted by Gasteiger charge is -2.35. The van der Waals surface area contributed by atoms with Crippen molar-refractivity contribution in [1.29, 1.82) is 0 Å². The molecule has 7 nitrogen and oxygen atoms in total. The van der Waals surface area contributed by atoms with E-state index >= 15 is 4.39 Å². The van der Waals surface area contributed by atoms with Gasteiger partial charge in [0.15, 0.2) is 11.6 Å². The van der Waals surface area contributed by atoms with Crippen molar-refractivity contribution in [1.82, 2.24) is 4.98 Å². The van der Waals surface area contributed by atoms with Crippen molar-refractivity contribution in [3.05, 3.63) is 52.1 Å². The third kappa shape index (κ3) is 4.86. The molecule has 2 aromatic rings. The summed E-state index contributed by atoms with van der Waals surface area (Å²) < 4.78 is 47.7. The van der Waals surface area contributed by atoms with Crippen LogP contribution in [0.4, 0.5) is 13.2 Å². The Balaban J connectivity index is 1.55. The number of carbonyl (C=O) groups excluding carboxylic acids is 1. The smallest absolute Gasteiger partial charge is 0.340 e. The molecule has 34 heavy (non-hydrogen) atoms. The van der Waals surface area contributed by atoms with E-state index in [1.807, 2.05) is 0 Å². The third-order valence-electron chi connectivity index (χ3n) is 6.38. The second kappa shape index (κ2) is 8.90. The predicted molar refractivity (Wildman–Crippen MR) is 116 cm³/mol. The maximum Gasteiger partial charge on any atom is 0.340 e. The summed E-state index contributed by atoms with van der Waals surface area (Å²) in [7, 11) is 0. The van der Waals surface area contributed by atoms with Crippen LogP contribution in [0.5, 0.6) is 11.5 Å². The standard InChI is InChI=1S/C24H25F3N2O5/c1-13-9-19(33-12-16-11-20(31)34-29-16)21(25)14(2)17(13)10-15-3-4-18(30)22(28-15)23(32)5-7-24(26,27)8-6-23/h3-4,9,30,32H,5-8,10-12H2,1-2H3. The Morgan fingerprint density at radius 1 is 1.18 bits per heavy atom. The predicted octanol–water partition coefficient (Wildman–Crippen LogP) is 4.21. The maximum absolute atomic E-state index is 15.0. The second-order valence-electron chi connectivity index (χ2n) is 8.93. The second-order valence-corrected chi connectivity index (χ2v) is 8.93. The number of benzene rings is 1. The molecule has 0 spiro atoms. The summed E-state index contributed by atoms with van der Waals surface area (Å²) in [5.41, 5.74) is 0.836. The van der Waals surface area contributed by atoms with Gasteiger partial charge in [-0.25, -0.2) is 18.0 Å². The number of halogens is 3. The minimum Gasteiger partial charge on any atom is -0.506 e. The van der Waals surface area contributed by atoms with Crippen molar-refractivity contribution in [3.63, 3.8) is 0 Å². The number of oxime groups is 1. The molecule has 0 radical (unpaired) electrons. The summed E-state index contributed by atoms with van der Waals surface area (Å²) in [5, 5.41) is 24.8. The van der Waals surface area contributed by atoms with Gasteiger partial charge in [0.2, 0.25) is 5.92 Å². The van der Waals surface area contributed by atoms with Crippen LogP contribution in [-0.2, 0) is 21.7 Å². The number of aromatic nitrogens is 1. The topological polar surface area (TPSA) is 101 Å². The van der Waals surface area contributed by atoms with Crippen LogP contribution in [0.15, 0.2) is 23.4 Å². The summed E-state index contributed by atoms with van der Waals surface area (Å²) in [4.78, 5) is 20.0. The molecule has 0 bridgehead atoms. The number of carbonyl (C=O) groups is 1. The largest absolute Gasteiger partial charge is 0.506 e. The number of pyridine rings is 1. The van der Waals surface area contributed by atoms with Crippen molar-refractivity contribution in [2.24, 2.45) is 5.16 Å². The molecule has 2 N–H and O–H groups in total. The van der Waals surface area contributed by atoms with Gasteiger partial charge >= 0.3 is 5.97 Å². The molecule has 1 aromatic heterocycles. The van der Waals surface area contributed by atoms with E-state index in [-0.39, 0.29) is 49.5 Å². The molecule has 0 atom stereocenters. The molecule has 1 saturated carbocycles. The van der Waals surface area contributed by atoms with E-state index in [0.717, 1.165) is 5.56 Å². The van der Waals surface area contributed by atoms with Crippen LogP contribution < -0.4 is 4.74 Å². The zero-order valence-electron chi connectivity index (χ0n) is 18.8. The van der Waals surface area contributed by atoms with Crippen LogP contribution in [0.2, 0.25) is 0 Å². The van der Waals surface area contributed by atoms with Crippen LogP contribution in [0, 0.1) is 19.7 Å². The molecule has 4 rings (SSSR count). The number of aliphatic hydroxyl groups is 1. The zero-order valence-corrected chi connectivity index (χ0v) is 18.8. The van der Waals surface area contributed by atoms with E-state index in [2.05, 4.69) is 15.0 Å². The highest BCUT2D eigenvalue weighted by molar-refractivity contribution is 6.02. The highest BCUT2D eigenvalue weighted by Crippen LogP contribution is 2.45. The first kappa shape index (κ1) is 24.0. The molecule has 0 unspecified atom stereocenters. The summed E-state index contributed by atoms with van der Waals surface area (Å²) in [6.07, 6.45) is -1.23. The van der Waals surface area contributed by atoms with E-state index in [4.69, 9.17) is 4.74 Å². The number of aromatic hydroxyl groups is 1. The minimum atomic E-state index is -2.85. The molecule has 1 aliphatic heterocycles. The molecule has 2 heterocycles. The number of hydrogen-bond acceptors (Lipinski definition) is 7. The first-order chi connectivity index (χ1) is 16.0. The van der Waals surface area contributed by atoms with Gasteiger partial charge in [-0.3, -0.25) is 4.98 Å². The highest BCUT2D eigenvalue weighted by atomic mass is 19.3. The van der Waals surface area contributed by atoms with Gasteiger partial charge in [-0.05, 0) is 61.6 Å². The Hall–Kier alpha value is -3.14. The van der Waals surface area contributed by atoms with Gasteiger partial charge in [-0.15, -0.1) is 0 Å². The average Bonchev–Trinajstić information content (AvgIpc) is 3.21. The lowest BCUT2D eigenvalue weighted by atomic mass is 9.80. The third-order valence-corrected chi connectivity index (χ3v) is 6.38. The molecule has 0 amide bonds. The summed E-state index contributed by atoms with van der Waals surface area (Å²) in [5.74, 6) is -4.16. The Kier molecular flexibility index (Phi) is 6.28. The van der Waals surface area contributed by atoms with Crippen molar-refractivity contribution >= 4 is 11.7 Å². The Labute approximate surface area is 194 Å². The van der Waals surface area contributed by atoms with E-state index in [1.165, 1.54) is 12.1 Å². The lowest BCUT2D eigenvalue weighted by molar-refractivity contribution is -0.140. The van der Waals surface area contributed by atoms with E-state index in [0.29, 0.717) is 22.5 Å². The van der Waals surface area contributed by atoms with Crippen molar-refractivity contribution in [2.75, 3.05) is 6.61 Å². The van der Waals surface area contributed by atoms with Gasteiger partial charge in [0.1, 0.15) is 29.4 Å². The molecule has 182 valence electrons. The fraction of sp³-hybridized carbons (Fsp3) is 0.458. The van der Waals surface area contributed by atoms with Gasteiger partial charge < -0.3 is 19.8 Å². The number of ether oxygens (including phenoxy) is 1. The van der Waals surface area contributed by atoms with Gasteiger partial charge in [0.25, 0.3) is 0 Å². The zero-order chi connectivity index (χ0) is 24.7. The first-order valence-corrected chi connectivity index (χ1v) is 10.9. The Morgan fingerprint density at radius 2 is 1.88 bits per heavy atom. The molecule has 1 aliphatic carbocycles. The normalized spacial score (nSPS) is 19.0. The number of alkyl halides is 2. The molecule has 1 fully saturated rings. The SMILES string of the molecule is Cc1cc(OCC2=NOC(=O)C2)c(F)c(C)c1Cc1ccc(O)c(C2(O)CCC(F)(F)CC2)n1. The van der Waals surface area contributed by atoms with Crippen LogP contribution in [0.1, 0.15) is 60.2 Å². The van der Waals surface area contributed by atoms with Crippen LogP contribution in [0.3, 0.4) is 0 Å². The molecule has 10 heteroatoms.